The van der Waals surface area contributed by atoms with Gasteiger partial charge in [0.15, 0.2) is 15.6 Å². The number of amides is 3. The van der Waals surface area contributed by atoms with Crippen molar-refractivity contribution in [3.8, 4) is 16.6 Å². The number of para-hydroxylation sites is 1. The number of nitrogens with one attached hydrogen (secondary N) is 2. The maximum Gasteiger partial charge on any atom is 0.408 e. The van der Waals surface area contributed by atoms with E-state index in [9.17, 15) is 27.6 Å². The van der Waals surface area contributed by atoms with Gasteiger partial charge in [-0.2, -0.15) is 4.98 Å². The molecule has 6 bridgehead atoms. The number of benzene rings is 1. The molecule has 1 aromatic carbocycles. The molecule has 4 aliphatic rings. The molecule has 14 nitrogen and oxygen atoms in total. The van der Waals surface area contributed by atoms with Gasteiger partial charge in [-0.1, -0.05) is 66.2 Å². The van der Waals surface area contributed by atoms with Crippen molar-refractivity contribution < 1.29 is 37.1 Å². The van der Waals surface area contributed by atoms with Crippen LogP contribution >= 0.6 is 11.3 Å². The van der Waals surface area contributed by atoms with Crippen molar-refractivity contribution in [1.82, 2.24) is 30.1 Å². The zero-order valence-electron chi connectivity index (χ0n) is 39.5. The van der Waals surface area contributed by atoms with E-state index in [1.54, 1.807) is 32.1 Å². The number of thiazole rings is 1. The number of hydrogen-bond donors (Lipinski definition) is 2. The molecule has 2 aliphatic heterocycles. The maximum atomic E-state index is 14.9. The van der Waals surface area contributed by atoms with Gasteiger partial charge in [-0.15, -0.1) is 11.3 Å². The summed E-state index contributed by atoms with van der Waals surface area (Å²) in [5.41, 5.74) is 0.491. The second-order valence-corrected chi connectivity index (χ2v) is 24.6. The number of ketones is 1. The molecule has 2 spiro atoms. The number of fused-ring (bicyclic) bond motifs is 6. The standard InChI is InChI=1S/C48H68N6O8S2/c1-12-30-25-48(30)36(55)27-64(59,60)47(22-23-47)21-16-14-13-15-20-35-37(28(2)3)49-41(63-35)32-18-17-19-33-38(32)50-43(54(33)29(4)5)61-31-24-34(40(56)52-48)53(26-31)42(57)39(45(6,7)8)51-44(58)62-46(9,10)11/h13-14,17-19,28-31,34,39H,12,15-16,20-27H2,1-11H3,(H,51,58)(H,52,56)/t30-,31-,34+,39-,48-/m1/s1. The number of carbonyl (C=O) groups is 4. The lowest BCUT2D eigenvalue weighted by atomic mass is 9.85. The number of sulfone groups is 1. The average molecular weight is 921 g/mol. The number of ether oxygens (including phenoxy) is 2. The molecule has 2 aromatic heterocycles. The molecule has 0 unspecified atom stereocenters. The normalized spacial score (nSPS) is 25.4. The first-order valence-electron chi connectivity index (χ1n) is 23.1. The Bertz CT molecular complexity index is 2440. The Kier molecular flexibility index (Phi) is 13.0. The Hall–Kier alpha value is -4.31. The molecule has 350 valence electrons. The van der Waals surface area contributed by atoms with Crippen molar-refractivity contribution in [2.45, 2.75) is 180 Å². The van der Waals surface area contributed by atoms with Gasteiger partial charge in [-0.05, 0) is 109 Å². The lowest BCUT2D eigenvalue weighted by Crippen LogP contribution is -2.59. The third-order valence-electron chi connectivity index (χ3n) is 13.3. The maximum absolute atomic E-state index is 14.9. The predicted molar refractivity (Wildman–Crippen MR) is 249 cm³/mol. The SMILES string of the molecule is CC[C@@H]1C[C@@]12NC(=O)[C@@H]1C[C@H](CN1C(=O)[C@@H](NC(=O)OC(C)(C)C)C(C)(C)C)Oc1nc3c(cccc3n1C(C)C)-c1nc(C(C)C)c(s1)CCC=CCCC1(CC1)S(=O)(=O)CC2=O. The summed E-state index contributed by atoms with van der Waals surface area (Å²) in [5.74, 6) is -2.33. The molecule has 3 aromatic rings. The van der Waals surface area contributed by atoms with Crippen LogP contribution in [0.25, 0.3) is 21.6 Å². The number of alkyl carbamates (subject to hydrolysis) is 1. The number of carbonyl (C=O) groups excluding carboxylic acids is 4. The first-order valence-corrected chi connectivity index (χ1v) is 25.6. The van der Waals surface area contributed by atoms with Gasteiger partial charge in [0.1, 0.15) is 45.6 Å². The molecule has 3 fully saturated rings. The van der Waals surface area contributed by atoms with E-state index in [1.165, 1.54) is 9.78 Å². The zero-order valence-corrected chi connectivity index (χ0v) is 41.1. The van der Waals surface area contributed by atoms with Crippen LogP contribution < -0.4 is 15.4 Å². The summed E-state index contributed by atoms with van der Waals surface area (Å²) in [4.78, 5) is 70.2. The van der Waals surface area contributed by atoms with Crippen LogP contribution in [0, 0.1) is 11.3 Å². The van der Waals surface area contributed by atoms with Crippen LogP contribution in [0.3, 0.4) is 0 Å². The Balaban J connectivity index is 1.31. The van der Waals surface area contributed by atoms with Gasteiger partial charge in [0.25, 0.3) is 6.01 Å². The summed E-state index contributed by atoms with van der Waals surface area (Å²) in [5, 5.41) is 6.66. The van der Waals surface area contributed by atoms with Crippen molar-refractivity contribution in [1.29, 1.82) is 0 Å². The molecule has 16 heteroatoms. The van der Waals surface area contributed by atoms with Gasteiger partial charge >= 0.3 is 6.09 Å². The number of aromatic nitrogens is 3. The first-order chi connectivity index (χ1) is 29.9. The van der Waals surface area contributed by atoms with Crippen molar-refractivity contribution in [2.75, 3.05) is 12.3 Å². The lowest BCUT2D eigenvalue weighted by Gasteiger charge is -2.36. The molecule has 3 amide bonds. The molecule has 1 saturated heterocycles. The van der Waals surface area contributed by atoms with Crippen LogP contribution in [0.15, 0.2) is 30.4 Å². The number of Topliss-reactive ketones (excluding diaryl/α,β-unsaturated/α-hetero) is 1. The smallest absolute Gasteiger partial charge is 0.408 e. The molecular weight excluding hydrogens is 853 g/mol. The molecular formula is C48H68N6O8S2. The molecule has 64 heavy (non-hydrogen) atoms. The first kappa shape index (κ1) is 47.6. The Morgan fingerprint density at radius 1 is 1.03 bits per heavy atom. The van der Waals surface area contributed by atoms with Crippen LogP contribution in [-0.2, 0) is 35.4 Å². The van der Waals surface area contributed by atoms with Crippen molar-refractivity contribution >= 4 is 55.9 Å². The minimum absolute atomic E-state index is 0.0235. The van der Waals surface area contributed by atoms with Gasteiger partial charge in [0, 0.05) is 22.9 Å². The second-order valence-electron chi connectivity index (χ2n) is 21.1. The van der Waals surface area contributed by atoms with Crippen LogP contribution in [-0.4, -0.2) is 97.9 Å². The fourth-order valence-electron chi connectivity index (χ4n) is 9.52. The molecule has 2 aliphatic carbocycles. The highest BCUT2D eigenvalue weighted by Crippen LogP contribution is 2.51. The van der Waals surface area contributed by atoms with E-state index in [-0.39, 0.29) is 30.8 Å². The number of rotatable bonds is 5. The van der Waals surface area contributed by atoms with Crippen LogP contribution in [0.5, 0.6) is 6.01 Å². The predicted octanol–water partition coefficient (Wildman–Crippen LogP) is 8.24. The van der Waals surface area contributed by atoms with E-state index in [1.807, 2.05) is 64.3 Å². The molecule has 2 N–H and O–H groups in total. The summed E-state index contributed by atoms with van der Waals surface area (Å²) in [6, 6.07) is 4.05. The van der Waals surface area contributed by atoms with Gasteiger partial charge in [0.2, 0.25) is 11.8 Å². The molecule has 4 heterocycles. The van der Waals surface area contributed by atoms with Gasteiger partial charge in [0.05, 0.1) is 22.5 Å². The van der Waals surface area contributed by atoms with Crippen LogP contribution in [0.1, 0.15) is 150 Å². The van der Waals surface area contributed by atoms with E-state index in [2.05, 4.69) is 36.6 Å². The van der Waals surface area contributed by atoms with E-state index < -0.39 is 78.8 Å². The lowest BCUT2D eigenvalue weighted by molar-refractivity contribution is -0.142. The number of nitrogens with zero attached hydrogens (tertiary/aromatic N) is 4. The number of likely N-dealkylation sites (tertiary alicyclic amines) is 1. The fraction of sp³-hybridized carbons (Fsp3) is 0.667. The fourth-order valence-corrected chi connectivity index (χ4v) is 12.8. The van der Waals surface area contributed by atoms with E-state index in [4.69, 9.17) is 19.4 Å². The number of aryl methyl sites for hydroxylation is 1. The highest BCUT2D eigenvalue weighted by atomic mass is 32.2. The zero-order chi connectivity index (χ0) is 46.7. The minimum Gasteiger partial charge on any atom is -0.459 e. The summed E-state index contributed by atoms with van der Waals surface area (Å²) < 4.78 is 41.6. The van der Waals surface area contributed by atoms with E-state index >= 15 is 0 Å². The van der Waals surface area contributed by atoms with Crippen molar-refractivity contribution in [3.63, 3.8) is 0 Å². The molecule has 5 atom stereocenters. The number of hydrogen-bond acceptors (Lipinski definition) is 11. The van der Waals surface area contributed by atoms with Gasteiger partial charge in [-0.3, -0.25) is 19.0 Å². The monoisotopic (exact) mass is 920 g/mol. The summed E-state index contributed by atoms with van der Waals surface area (Å²) in [6.07, 6.45) is 7.18. The number of imidazole rings is 1. The Morgan fingerprint density at radius 3 is 2.34 bits per heavy atom. The van der Waals surface area contributed by atoms with Crippen molar-refractivity contribution in [3.05, 3.63) is 40.9 Å². The minimum atomic E-state index is -3.85. The van der Waals surface area contributed by atoms with E-state index in [0.717, 1.165) is 40.1 Å². The molecule has 2 saturated carbocycles. The topological polar surface area (TPSA) is 179 Å². The van der Waals surface area contributed by atoms with Crippen molar-refractivity contribution in [2.24, 2.45) is 11.3 Å². The van der Waals surface area contributed by atoms with Gasteiger partial charge in [-0.25, -0.2) is 18.2 Å². The van der Waals surface area contributed by atoms with Gasteiger partial charge < -0.3 is 25.0 Å². The van der Waals surface area contributed by atoms with E-state index in [0.29, 0.717) is 44.5 Å². The second kappa shape index (κ2) is 17.5. The van der Waals surface area contributed by atoms with Crippen LogP contribution in [0.4, 0.5) is 4.79 Å². The highest BCUT2D eigenvalue weighted by Gasteiger charge is 2.63. The Morgan fingerprint density at radius 2 is 1.73 bits per heavy atom. The molecule has 0 radical (unpaired) electrons. The number of allylic oxidation sites excluding steroid dienone is 2. The summed E-state index contributed by atoms with van der Waals surface area (Å²) >= 11 is 1.66. The largest absolute Gasteiger partial charge is 0.459 e. The highest BCUT2D eigenvalue weighted by molar-refractivity contribution is 7.93. The summed E-state index contributed by atoms with van der Waals surface area (Å²) in [7, 11) is -3.85. The quantitative estimate of drug-likeness (QED) is 0.237. The summed E-state index contributed by atoms with van der Waals surface area (Å²) in [6.45, 7) is 20.9. The third-order valence-corrected chi connectivity index (χ3v) is 17.0. The average Bonchev–Trinajstić information content (AvgIpc) is 3.96. The molecule has 7 rings (SSSR count). The van der Waals surface area contributed by atoms with Crippen LogP contribution in [0.2, 0.25) is 0 Å². The Labute approximate surface area is 382 Å². The third kappa shape index (κ3) is 9.50.